The van der Waals surface area contributed by atoms with E-state index in [2.05, 4.69) is 25.1 Å². The van der Waals surface area contributed by atoms with Crippen LogP contribution in [0, 0.1) is 6.07 Å². The van der Waals surface area contributed by atoms with Gasteiger partial charge in [-0.3, -0.25) is 0 Å². The molecule has 0 aliphatic heterocycles. The van der Waals surface area contributed by atoms with Gasteiger partial charge in [0, 0.05) is 6.07 Å². The summed E-state index contributed by atoms with van der Waals surface area (Å²) in [6.07, 6.45) is 1.02. The molecule has 0 spiro atoms. The van der Waals surface area contributed by atoms with Crippen LogP contribution in [0.2, 0.25) is 0 Å². The van der Waals surface area contributed by atoms with Crippen LogP contribution in [0.3, 0.4) is 0 Å². The van der Waals surface area contributed by atoms with E-state index in [9.17, 15) is 0 Å². The second kappa shape index (κ2) is 6.83. The van der Waals surface area contributed by atoms with Crippen LogP contribution in [-0.4, -0.2) is 13.2 Å². The highest BCUT2D eigenvalue weighted by Crippen LogP contribution is 2.25. The van der Waals surface area contributed by atoms with Crippen LogP contribution < -0.4 is 9.47 Å². The molecule has 0 aliphatic rings. The molecule has 0 unspecified atom stereocenters. The molecule has 0 N–H and O–H groups in total. The van der Waals surface area contributed by atoms with E-state index in [4.69, 9.17) is 9.47 Å². The highest BCUT2D eigenvalue weighted by molar-refractivity contribution is 5.65. The van der Waals surface area contributed by atoms with Crippen LogP contribution in [0.15, 0.2) is 42.5 Å². The van der Waals surface area contributed by atoms with Crippen molar-refractivity contribution in [1.29, 1.82) is 0 Å². The third kappa shape index (κ3) is 3.75. The summed E-state index contributed by atoms with van der Waals surface area (Å²) in [5.41, 5.74) is 2.28. The molecule has 0 saturated carbocycles. The summed E-state index contributed by atoms with van der Waals surface area (Å²) >= 11 is 0. The molecule has 99 valence electrons. The van der Waals surface area contributed by atoms with Gasteiger partial charge in [0.15, 0.2) is 0 Å². The van der Waals surface area contributed by atoms with Crippen molar-refractivity contribution < 1.29 is 9.47 Å². The summed E-state index contributed by atoms with van der Waals surface area (Å²) in [5.74, 6) is 1.70. The summed E-state index contributed by atoms with van der Waals surface area (Å²) in [7, 11) is 0. The van der Waals surface area contributed by atoms with Gasteiger partial charge in [0.2, 0.25) is 0 Å². The van der Waals surface area contributed by atoms with Crippen molar-refractivity contribution in [3.8, 4) is 22.6 Å². The van der Waals surface area contributed by atoms with Crippen molar-refractivity contribution >= 4 is 0 Å². The van der Waals surface area contributed by atoms with Gasteiger partial charge in [-0.15, -0.1) is 0 Å². The lowest BCUT2D eigenvalue weighted by atomic mass is 10.1. The summed E-state index contributed by atoms with van der Waals surface area (Å²) in [4.78, 5) is 0. The number of hydrogen-bond acceptors (Lipinski definition) is 2. The summed E-state index contributed by atoms with van der Waals surface area (Å²) in [6.45, 7) is 5.49. The molecule has 0 atom stereocenters. The first-order valence-corrected chi connectivity index (χ1v) is 6.71. The van der Waals surface area contributed by atoms with E-state index in [1.165, 1.54) is 0 Å². The summed E-state index contributed by atoms with van der Waals surface area (Å²) in [5, 5.41) is 0. The van der Waals surface area contributed by atoms with E-state index in [-0.39, 0.29) is 0 Å². The van der Waals surface area contributed by atoms with E-state index in [0.29, 0.717) is 6.61 Å². The topological polar surface area (TPSA) is 18.5 Å². The highest BCUT2D eigenvalue weighted by Gasteiger charge is 2.01. The molecule has 2 rings (SSSR count). The van der Waals surface area contributed by atoms with E-state index >= 15 is 0 Å². The van der Waals surface area contributed by atoms with Crippen molar-refractivity contribution in [2.45, 2.75) is 20.3 Å². The molecule has 0 fully saturated rings. The molecule has 0 heterocycles. The summed E-state index contributed by atoms with van der Waals surface area (Å²) < 4.78 is 11.0. The van der Waals surface area contributed by atoms with Crippen LogP contribution in [-0.2, 0) is 0 Å². The van der Waals surface area contributed by atoms with Gasteiger partial charge >= 0.3 is 0 Å². The molecule has 2 heteroatoms. The molecule has 0 saturated heterocycles. The molecule has 0 amide bonds. The van der Waals surface area contributed by atoms with Crippen molar-refractivity contribution in [1.82, 2.24) is 0 Å². The first-order valence-electron chi connectivity index (χ1n) is 6.71. The van der Waals surface area contributed by atoms with Gasteiger partial charge in [0.1, 0.15) is 11.5 Å². The second-order valence-corrected chi connectivity index (χ2v) is 4.25. The predicted molar refractivity (Wildman–Crippen MR) is 77.7 cm³/mol. The summed E-state index contributed by atoms with van der Waals surface area (Å²) in [6, 6.07) is 17.1. The molecule has 0 bridgehead atoms. The molecular weight excluding hydrogens is 236 g/mol. The van der Waals surface area contributed by atoms with Gasteiger partial charge < -0.3 is 9.47 Å². The van der Waals surface area contributed by atoms with Gasteiger partial charge in [-0.25, -0.2) is 0 Å². The van der Waals surface area contributed by atoms with Crippen LogP contribution in [0.4, 0.5) is 0 Å². The highest BCUT2D eigenvalue weighted by atomic mass is 16.5. The van der Waals surface area contributed by atoms with Gasteiger partial charge in [-0.2, -0.15) is 0 Å². The number of benzene rings is 2. The Hall–Kier alpha value is -1.96. The van der Waals surface area contributed by atoms with E-state index in [0.717, 1.165) is 35.7 Å². The van der Waals surface area contributed by atoms with Crippen LogP contribution in [0.1, 0.15) is 20.3 Å². The molecule has 19 heavy (non-hydrogen) atoms. The van der Waals surface area contributed by atoms with E-state index < -0.39 is 0 Å². The molecular formula is C17H19O2. The minimum absolute atomic E-state index is 0.656. The third-order valence-electron chi connectivity index (χ3n) is 2.74. The zero-order chi connectivity index (χ0) is 13.5. The van der Waals surface area contributed by atoms with Crippen LogP contribution >= 0.6 is 0 Å². The number of hydrogen-bond donors (Lipinski definition) is 0. The average molecular weight is 255 g/mol. The van der Waals surface area contributed by atoms with Crippen molar-refractivity contribution in [2.75, 3.05) is 13.2 Å². The van der Waals surface area contributed by atoms with Gasteiger partial charge in [0.25, 0.3) is 0 Å². The lowest BCUT2D eigenvalue weighted by molar-refractivity contribution is 0.317. The largest absolute Gasteiger partial charge is 0.494 e. The normalized spacial score (nSPS) is 10.2. The maximum absolute atomic E-state index is 5.58. The lowest BCUT2D eigenvalue weighted by Gasteiger charge is -2.08. The van der Waals surface area contributed by atoms with Gasteiger partial charge in [-0.05, 0) is 48.7 Å². The smallest absolute Gasteiger partial charge is 0.127 e. The maximum atomic E-state index is 5.58. The number of ether oxygens (including phenoxy) is 2. The zero-order valence-corrected chi connectivity index (χ0v) is 11.5. The van der Waals surface area contributed by atoms with Gasteiger partial charge in [-0.1, -0.05) is 25.1 Å². The Morgan fingerprint density at radius 1 is 0.947 bits per heavy atom. The fourth-order valence-electron chi connectivity index (χ4n) is 1.83. The molecule has 2 nitrogen and oxygen atoms in total. The van der Waals surface area contributed by atoms with Crippen LogP contribution in [0.5, 0.6) is 11.5 Å². The van der Waals surface area contributed by atoms with Crippen molar-refractivity contribution in [3.63, 3.8) is 0 Å². The SMILES string of the molecule is CCCOc1ccc(-c2cc[c]c(OCC)c2)cc1. The molecule has 1 radical (unpaired) electrons. The Morgan fingerprint density at radius 3 is 2.42 bits per heavy atom. The predicted octanol–water partition coefficient (Wildman–Crippen LogP) is 4.34. The first kappa shape index (κ1) is 13.5. The minimum atomic E-state index is 0.656. The van der Waals surface area contributed by atoms with E-state index in [1.807, 2.05) is 37.3 Å². The Labute approximate surface area is 115 Å². The fourth-order valence-corrected chi connectivity index (χ4v) is 1.83. The monoisotopic (exact) mass is 255 g/mol. The Balaban J connectivity index is 2.14. The Bertz CT molecular complexity index is 503. The van der Waals surface area contributed by atoms with Crippen molar-refractivity contribution in [2.24, 2.45) is 0 Å². The lowest BCUT2D eigenvalue weighted by Crippen LogP contribution is -1.94. The molecule has 0 aliphatic carbocycles. The third-order valence-corrected chi connectivity index (χ3v) is 2.74. The molecule has 2 aromatic carbocycles. The Kier molecular flexibility index (Phi) is 4.85. The maximum Gasteiger partial charge on any atom is 0.127 e. The van der Waals surface area contributed by atoms with E-state index in [1.54, 1.807) is 0 Å². The first-order chi connectivity index (χ1) is 9.33. The quantitative estimate of drug-likeness (QED) is 0.764. The zero-order valence-electron chi connectivity index (χ0n) is 11.5. The van der Waals surface area contributed by atoms with Gasteiger partial charge in [0.05, 0.1) is 13.2 Å². The fraction of sp³-hybridized carbons (Fsp3) is 0.294. The molecule has 0 aromatic heterocycles. The van der Waals surface area contributed by atoms with Crippen molar-refractivity contribution in [3.05, 3.63) is 48.5 Å². The number of rotatable bonds is 6. The van der Waals surface area contributed by atoms with Crippen LogP contribution in [0.25, 0.3) is 11.1 Å². The standard InChI is InChI=1S/C17H19O2/c1-3-12-19-16-10-8-14(9-11-16)15-6-5-7-17(13-15)18-4-2/h5-6,8-11,13H,3-4,12H2,1-2H3. The second-order valence-electron chi connectivity index (χ2n) is 4.25. The molecule has 2 aromatic rings. The average Bonchev–Trinajstić information content (AvgIpc) is 2.46. The minimum Gasteiger partial charge on any atom is -0.494 e. The Morgan fingerprint density at radius 2 is 1.74 bits per heavy atom.